The lowest BCUT2D eigenvalue weighted by Gasteiger charge is -2.33. The van der Waals surface area contributed by atoms with Crippen LogP contribution in [0.3, 0.4) is 0 Å². The highest BCUT2D eigenvalue weighted by molar-refractivity contribution is 6.31. The van der Waals surface area contributed by atoms with Crippen LogP contribution in [0.5, 0.6) is 11.5 Å². The summed E-state index contributed by atoms with van der Waals surface area (Å²) in [6.07, 6.45) is 0.108. The number of nitrogens with zero attached hydrogens (tertiary/aromatic N) is 1. The Hall–Kier alpha value is -3.33. The Morgan fingerprint density at radius 2 is 1.76 bits per heavy atom. The van der Waals surface area contributed by atoms with Gasteiger partial charge in [-0.25, -0.2) is 0 Å². The molecule has 0 spiro atoms. The number of hydrogen-bond donors (Lipinski definition) is 2. The maximum atomic E-state index is 13.5. The molecule has 8 nitrogen and oxygen atoms in total. The molecule has 34 heavy (non-hydrogen) atoms. The van der Waals surface area contributed by atoms with Gasteiger partial charge in [0.05, 0.1) is 30.1 Å². The average molecular weight is 462 g/mol. The molecule has 3 aliphatic rings. The summed E-state index contributed by atoms with van der Waals surface area (Å²) >= 11 is 0. The molecule has 0 saturated heterocycles. The summed E-state index contributed by atoms with van der Waals surface area (Å²) in [5.74, 6) is -1.29. The maximum Gasteiger partial charge on any atom is 0.198 e. The third kappa shape index (κ3) is 3.37. The fraction of sp³-hybridized carbons (Fsp3) is 0.346. The van der Waals surface area contributed by atoms with Crippen molar-refractivity contribution < 1.29 is 34.4 Å². The van der Waals surface area contributed by atoms with E-state index in [4.69, 9.17) is 9.47 Å². The van der Waals surface area contributed by atoms with E-state index in [0.717, 1.165) is 11.1 Å². The standard InChI is InChI=1S/C26H25NO7/c1-12(28)22(29)13(2)33-10-14-11-34-26-18-15(14)8-5-9-27-21(18)25(32)19-20(26)24(31)17-7-4-3-6-16(17)23(19)30/h3-4,6-7,9,12-13,22,28-29,32H,5,8,10-11H2,1-2H3/p-1. The number of rotatable bonds is 5. The van der Waals surface area contributed by atoms with Crippen molar-refractivity contribution in [1.29, 1.82) is 0 Å². The quantitative estimate of drug-likeness (QED) is 0.595. The van der Waals surface area contributed by atoms with Crippen molar-refractivity contribution in [2.75, 3.05) is 13.2 Å². The average Bonchev–Trinajstić information content (AvgIpc) is 3.07. The minimum Gasteiger partial charge on any atom is -0.870 e. The molecule has 0 aromatic heterocycles. The van der Waals surface area contributed by atoms with Crippen LogP contribution < -0.4 is 9.84 Å². The van der Waals surface area contributed by atoms with Crippen molar-refractivity contribution in [2.45, 2.75) is 45.0 Å². The third-order valence-corrected chi connectivity index (χ3v) is 6.61. The minimum absolute atomic E-state index is 0.0000797. The number of allylic oxidation sites excluding steroid dienone is 1. The Kier molecular flexibility index (Phi) is 5.59. The second-order valence-corrected chi connectivity index (χ2v) is 8.80. The van der Waals surface area contributed by atoms with Crippen LogP contribution in [0.2, 0.25) is 0 Å². The Morgan fingerprint density at radius 3 is 2.44 bits per heavy atom. The summed E-state index contributed by atoms with van der Waals surface area (Å²) in [6.45, 7) is 3.36. The highest BCUT2D eigenvalue weighted by atomic mass is 16.5. The number of ketones is 2. The first-order valence-corrected chi connectivity index (χ1v) is 11.2. The Bertz CT molecular complexity index is 1270. The predicted octanol–water partition coefficient (Wildman–Crippen LogP) is 2.32. The third-order valence-electron chi connectivity index (χ3n) is 6.61. The van der Waals surface area contributed by atoms with Gasteiger partial charge in [-0.05, 0) is 37.8 Å². The van der Waals surface area contributed by atoms with E-state index < -0.39 is 35.6 Å². The number of carbonyl (C=O) groups excluding carboxylic acids is 2. The molecule has 2 aromatic rings. The zero-order valence-electron chi connectivity index (χ0n) is 18.8. The van der Waals surface area contributed by atoms with Crippen LogP contribution >= 0.6 is 0 Å². The topological polar surface area (TPSA) is 128 Å². The summed E-state index contributed by atoms with van der Waals surface area (Å²) in [5.41, 5.74) is 2.35. The summed E-state index contributed by atoms with van der Waals surface area (Å²) in [7, 11) is 0. The number of ether oxygens (including phenoxy) is 2. The van der Waals surface area contributed by atoms with Gasteiger partial charge in [-0.1, -0.05) is 30.0 Å². The number of aliphatic imine (C=N–C) groups is 1. The summed E-state index contributed by atoms with van der Waals surface area (Å²) in [5, 5.41) is 33.2. The molecule has 176 valence electrons. The first kappa shape index (κ1) is 22.5. The van der Waals surface area contributed by atoms with Crippen molar-refractivity contribution in [1.82, 2.24) is 0 Å². The molecular formula is C26H24NO7-. The second kappa shape index (κ2) is 8.47. The second-order valence-electron chi connectivity index (χ2n) is 8.80. The maximum absolute atomic E-state index is 13.5. The minimum atomic E-state index is -1.06. The van der Waals surface area contributed by atoms with Gasteiger partial charge in [0, 0.05) is 28.5 Å². The molecule has 0 fully saturated rings. The van der Waals surface area contributed by atoms with Crippen molar-refractivity contribution in [3.63, 3.8) is 0 Å². The Labute approximate surface area is 196 Å². The molecular weight excluding hydrogens is 438 g/mol. The lowest BCUT2D eigenvalue weighted by Crippen LogP contribution is -2.36. The molecule has 2 aromatic carbocycles. The highest BCUT2D eigenvalue weighted by Crippen LogP contribution is 2.52. The van der Waals surface area contributed by atoms with Crippen LogP contribution in [0, 0.1) is 0 Å². The monoisotopic (exact) mass is 462 g/mol. The zero-order chi connectivity index (χ0) is 24.1. The van der Waals surface area contributed by atoms with E-state index in [-0.39, 0.29) is 46.9 Å². The molecule has 0 saturated carbocycles. The molecule has 2 N–H and O–H groups in total. The smallest absolute Gasteiger partial charge is 0.198 e. The fourth-order valence-corrected chi connectivity index (χ4v) is 4.76. The van der Waals surface area contributed by atoms with Crippen LogP contribution in [0.1, 0.15) is 64.1 Å². The lowest BCUT2D eigenvalue weighted by atomic mass is 9.79. The van der Waals surface area contributed by atoms with Crippen molar-refractivity contribution in [3.05, 3.63) is 57.7 Å². The van der Waals surface area contributed by atoms with Crippen LogP contribution in [-0.4, -0.2) is 59.5 Å². The van der Waals surface area contributed by atoms with Gasteiger partial charge in [0.1, 0.15) is 18.5 Å². The van der Waals surface area contributed by atoms with E-state index >= 15 is 0 Å². The van der Waals surface area contributed by atoms with E-state index in [1.165, 1.54) is 6.92 Å². The molecule has 5 rings (SSSR count). The number of aliphatic hydroxyl groups excluding tert-OH is 2. The normalized spacial score (nSPS) is 18.9. The molecule has 2 aliphatic heterocycles. The Balaban J connectivity index is 1.64. The lowest BCUT2D eigenvalue weighted by molar-refractivity contribution is -0.267. The van der Waals surface area contributed by atoms with Gasteiger partial charge >= 0.3 is 0 Å². The number of aliphatic hydroxyl groups is 2. The summed E-state index contributed by atoms with van der Waals surface area (Å²) < 4.78 is 11.8. The number of hydrogen-bond acceptors (Lipinski definition) is 8. The molecule has 0 amide bonds. The van der Waals surface area contributed by atoms with Crippen LogP contribution in [0.25, 0.3) is 5.57 Å². The SMILES string of the molecule is CC(O)C(O)C(C)OCC1=C2CCC=Nc3c([O-])c4c(c(c32)OC1)C(=O)c1ccccc1C4=O. The predicted molar refractivity (Wildman–Crippen MR) is 122 cm³/mol. The van der Waals surface area contributed by atoms with Crippen molar-refractivity contribution >= 4 is 29.0 Å². The molecule has 1 aliphatic carbocycles. The van der Waals surface area contributed by atoms with E-state index in [1.807, 2.05) is 0 Å². The first-order chi connectivity index (χ1) is 16.3. The van der Waals surface area contributed by atoms with E-state index in [9.17, 15) is 24.9 Å². The molecule has 0 radical (unpaired) electrons. The number of carbonyl (C=O) groups is 2. The fourth-order valence-electron chi connectivity index (χ4n) is 4.76. The van der Waals surface area contributed by atoms with Gasteiger partial charge in [0.15, 0.2) is 11.6 Å². The van der Waals surface area contributed by atoms with E-state index in [2.05, 4.69) is 4.99 Å². The van der Waals surface area contributed by atoms with Crippen LogP contribution in [0.4, 0.5) is 5.69 Å². The number of fused-ring (bicyclic) bond motifs is 3. The zero-order valence-corrected chi connectivity index (χ0v) is 18.8. The summed E-state index contributed by atoms with van der Waals surface area (Å²) in [4.78, 5) is 31.0. The molecule has 2 heterocycles. The number of benzene rings is 2. The molecule has 3 atom stereocenters. The summed E-state index contributed by atoms with van der Waals surface area (Å²) in [6, 6.07) is 6.46. The van der Waals surface area contributed by atoms with Crippen molar-refractivity contribution in [3.8, 4) is 11.5 Å². The van der Waals surface area contributed by atoms with Crippen molar-refractivity contribution in [2.24, 2.45) is 4.99 Å². The molecule has 3 unspecified atom stereocenters. The van der Waals surface area contributed by atoms with Crippen LogP contribution in [0.15, 0.2) is 34.8 Å². The van der Waals surface area contributed by atoms with Gasteiger partial charge < -0.3 is 24.8 Å². The van der Waals surface area contributed by atoms with Crippen LogP contribution in [-0.2, 0) is 4.74 Å². The largest absolute Gasteiger partial charge is 0.870 e. The van der Waals surface area contributed by atoms with E-state index in [0.29, 0.717) is 18.4 Å². The Morgan fingerprint density at radius 1 is 1.09 bits per heavy atom. The molecule has 8 heteroatoms. The highest BCUT2D eigenvalue weighted by Gasteiger charge is 2.38. The molecule has 0 bridgehead atoms. The van der Waals surface area contributed by atoms with Gasteiger partial charge in [0.2, 0.25) is 0 Å². The van der Waals surface area contributed by atoms with Gasteiger partial charge in [-0.15, -0.1) is 0 Å². The van der Waals surface area contributed by atoms with Gasteiger partial charge in [-0.3, -0.25) is 14.6 Å². The van der Waals surface area contributed by atoms with E-state index in [1.54, 1.807) is 37.4 Å². The first-order valence-electron chi connectivity index (χ1n) is 11.2. The van der Waals surface area contributed by atoms with Gasteiger partial charge in [0.25, 0.3) is 0 Å². The van der Waals surface area contributed by atoms with Gasteiger partial charge in [-0.2, -0.15) is 0 Å².